The highest BCUT2D eigenvalue weighted by Gasteiger charge is 2.50. The first-order chi connectivity index (χ1) is 40.3. The normalized spacial score (nSPS) is 11.7. The molecule has 0 saturated carbocycles. The van der Waals surface area contributed by atoms with Gasteiger partial charge >= 0.3 is 14.5 Å². The van der Waals surface area contributed by atoms with Gasteiger partial charge in [-0.05, 0) is 31.7 Å². The smallest absolute Gasteiger partial charge is 0.546 e. The van der Waals surface area contributed by atoms with Crippen LogP contribution in [-0.2, 0) is 0 Å². The van der Waals surface area contributed by atoms with Gasteiger partial charge in [-0.1, -0.05) is 236 Å². The molecule has 84 heavy (non-hydrogen) atoms. The van der Waals surface area contributed by atoms with Crippen molar-refractivity contribution in [2.45, 2.75) is 244 Å². The van der Waals surface area contributed by atoms with E-state index in [1.807, 2.05) is 0 Å². The molecule has 19 heteroatoms. The number of unbranched alkanes of at least 4 members (excludes halogenated alkanes) is 30. The van der Waals surface area contributed by atoms with E-state index < -0.39 is 135 Å². The Balaban J connectivity index is 0.000000450. The maximum Gasteiger partial charge on any atom is 0.546 e. The third-order valence-electron chi connectivity index (χ3n) is 16.5. The van der Waals surface area contributed by atoms with Crippen LogP contribution in [0, 0.1) is 87.3 Å². The Morgan fingerprint density at radius 1 is 0.310 bits per heavy atom. The van der Waals surface area contributed by atoms with Gasteiger partial charge in [0.15, 0.2) is 52.4 Å². The van der Waals surface area contributed by atoms with Gasteiger partial charge in [0, 0.05) is 5.75 Å². The van der Waals surface area contributed by atoms with Crippen molar-refractivity contribution in [3.05, 3.63) is 112 Å². The second-order valence-corrected chi connectivity index (χ2v) is 26.1. The molecule has 0 bridgehead atoms. The van der Waals surface area contributed by atoms with E-state index >= 15 is 26.3 Å². The van der Waals surface area contributed by atoms with Crippen molar-refractivity contribution in [3.63, 3.8) is 0 Å². The van der Waals surface area contributed by atoms with Crippen LogP contribution in [0.3, 0.4) is 0 Å². The zero-order valence-electron chi connectivity index (χ0n) is 50.5. The summed E-state index contributed by atoms with van der Waals surface area (Å²) in [6.07, 6.45) is 41.1. The van der Waals surface area contributed by atoms with Crippen LogP contribution in [0.2, 0.25) is 10.6 Å². The first-order valence-electron chi connectivity index (χ1n) is 31.6. The van der Waals surface area contributed by atoms with E-state index in [1.54, 1.807) is 4.90 Å². The molecular formula is C65H92AlBF15NO. The number of hydrogen-bond donors (Lipinski definition) is 1. The van der Waals surface area contributed by atoms with Gasteiger partial charge in [0.2, 0.25) is 0 Å². The summed E-state index contributed by atoms with van der Waals surface area (Å²) in [6.45, 7) is 10.5. The summed E-state index contributed by atoms with van der Waals surface area (Å²) in [6, 6.07) is 2.94. The van der Waals surface area contributed by atoms with Crippen molar-refractivity contribution in [1.82, 2.24) is 0 Å². The molecule has 0 heterocycles. The average molecular weight is 1230 g/mol. The van der Waals surface area contributed by atoms with E-state index in [0.29, 0.717) is 6.07 Å². The van der Waals surface area contributed by atoms with E-state index in [-0.39, 0.29) is 10.6 Å². The van der Waals surface area contributed by atoms with Gasteiger partial charge in [-0.15, -0.1) is 16.4 Å². The maximum absolute atomic E-state index is 15.8. The fourth-order valence-electron chi connectivity index (χ4n) is 11.6. The minimum atomic E-state index is -5.90. The van der Waals surface area contributed by atoms with Crippen molar-refractivity contribution in [1.29, 1.82) is 0 Å². The molecule has 4 aromatic carbocycles. The van der Waals surface area contributed by atoms with Crippen molar-refractivity contribution in [3.8, 4) is 5.75 Å². The summed E-state index contributed by atoms with van der Waals surface area (Å²) >= 11 is -2.63. The molecule has 4 aromatic rings. The van der Waals surface area contributed by atoms with Crippen LogP contribution >= 0.6 is 0 Å². The highest BCUT2D eigenvalue weighted by molar-refractivity contribution is 7.20. The fraction of sp³-hybridized carbons (Fsp3) is 0.631. The van der Waals surface area contributed by atoms with Crippen LogP contribution in [0.15, 0.2) is 24.3 Å². The van der Waals surface area contributed by atoms with Crippen molar-refractivity contribution in [2.24, 2.45) is 0 Å². The monoisotopic (exact) mass is 1230 g/mol. The molecule has 4 rings (SSSR count). The highest BCUT2D eigenvalue weighted by Crippen LogP contribution is 2.31. The van der Waals surface area contributed by atoms with E-state index in [0.717, 1.165) is 18.2 Å². The highest BCUT2D eigenvalue weighted by atomic mass is 27.2. The average Bonchev–Trinajstić information content (AvgIpc) is 0.867. The molecule has 0 unspecified atom stereocenters. The van der Waals surface area contributed by atoms with Gasteiger partial charge in [-0.3, -0.25) is 0 Å². The Morgan fingerprint density at radius 2 is 0.524 bits per heavy atom. The van der Waals surface area contributed by atoms with Crippen LogP contribution in [-0.4, -0.2) is 40.8 Å². The number of rotatable bonds is 42. The second kappa shape index (κ2) is 40.6. The lowest BCUT2D eigenvalue weighted by Gasteiger charge is -2.45. The number of benzene rings is 4. The summed E-state index contributed by atoms with van der Waals surface area (Å²) in [5, 5.41) is 0.330. The topological polar surface area (TPSA) is 13.7 Å². The second-order valence-electron chi connectivity index (χ2n) is 23.0. The van der Waals surface area contributed by atoms with Gasteiger partial charge in [-0.2, -0.15) is 5.46 Å². The van der Waals surface area contributed by atoms with E-state index in [4.69, 9.17) is 3.79 Å². The Hall–Kier alpha value is -3.81. The molecule has 0 atom stereocenters. The summed E-state index contributed by atoms with van der Waals surface area (Å²) < 4.78 is 232. The molecule has 0 aliphatic heterocycles. The fourth-order valence-corrected chi connectivity index (χ4v) is 13.0. The molecule has 0 fully saturated rings. The van der Waals surface area contributed by atoms with E-state index in [2.05, 4.69) is 20.9 Å². The van der Waals surface area contributed by atoms with Gasteiger partial charge in [0.05, 0.1) is 20.1 Å². The predicted molar refractivity (Wildman–Crippen MR) is 312 cm³/mol. The van der Waals surface area contributed by atoms with E-state index in [1.165, 1.54) is 232 Å². The van der Waals surface area contributed by atoms with Gasteiger partial charge in [-0.25, -0.2) is 65.9 Å². The minimum Gasteiger partial charge on any atom is -0.645 e. The molecule has 0 aliphatic carbocycles. The zero-order chi connectivity index (χ0) is 62.2. The maximum atomic E-state index is 15.8. The van der Waals surface area contributed by atoms with E-state index in [9.17, 15) is 39.5 Å². The number of hydrogen-bond acceptors (Lipinski definition) is 1. The SMILES string of the molecule is CCCCCCCCCCCCCCCCCC[NH+](C)CCCCCCCCCCCCCCCCCC.C[CH2][Al]([CH2]C)[O]c1ccccc1[B-](c1c(F)c(F)c(F)c(F)c1F)(c1c(F)c(F)c(F)c(F)c1F)c1c(F)c(F)c(F)c(F)c1F. The minimum absolute atomic E-state index is 0.165. The third-order valence-corrected chi connectivity index (χ3v) is 18.9. The molecule has 474 valence electrons. The molecule has 0 radical (unpaired) electrons. The first-order valence-corrected chi connectivity index (χ1v) is 33.7. The summed E-state index contributed by atoms with van der Waals surface area (Å²) in [4.78, 5) is 1.78. The summed E-state index contributed by atoms with van der Waals surface area (Å²) in [5.41, 5.74) is -9.57. The van der Waals surface area contributed by atoms with Crippen LogP contribution in [0.4, 0.5) is 65.9 Å². The lowest BCUT2D eigenvalue weighted by molar-refractivity contribution is -0.880. The molecule has 0 spiro atoms. The Bertz CT molecular complexity index is 2260. The molecule has 0 amide bonds. The van der Waals surface area contributed by atoms with Crippen molar-refractivity contribution >= 4 is 42.5 Å². The number of para-hydroxylation sites is 1. The Kier molecular flexibility index (Phi) is 36.0. The Labute approximate surface area is 496 Å². The predicted octanol–water partition coefficient (Wildman–Crippen LogP) is 18.6. The van der Waals surface area contributed by atoms with Gasteiger partial charge in [0.1, 0.15) is 41.0 Å². The Morgan fingerprint density at radius 3 is 0.762 bits per heavy atom. The lowest BCUT2D eigenvalue weighted by Crippen LogP contribution is -3.09. The van der Waals surface area contributed by atoms with Crippen LogP contribution in [0.1, 0.15) is 233 Å². The van der Waals surface area contributed by atoms with Gasteiger partial charge < -0.3 is 8.69 Å². The lowest BCUT2D eigenvalue weighted by atomic mass is 9.12. The molecule has 0 aliphatic rings. The standard InChI is InChI=1S/C37H77N.C24H5BF15O.2C2H5.Al/c1-4-6-8-10-12-14-16-18-20-22-24-26-28-30-32-34-36-38(3)37-35-33-31-29-27-25-23-21-19-17-15-13-11-9-7-5-2;26-10-7(11(27)17(33)22(38)16(10)32)25(5-3-1-2-4-6(5)41,8-12(28)18(34)23(39)19(35)13(8)29)9-14(30)20(36)24(40)21(37)15(9)31;2*1-2;/h4-37H2,1-3H3;1-4,41H;2*1H2,2H3;/q;-1;;;+1. The number of nitrogens with one attached hydrogen (secondary N) is 1. The van der Waals surface area contributed by atoms with Crippen LogP contribution in [0.25, 0.3) is 0 Å². The van der Waals surface area contributed by atoms with Crippen LogP contribution < -0.4 is 30.5 Å². The zero-order valence-corrected chi connectivity index (χ0v) is 51.7. The molecule has 2 nitrogen and oxygen atoms in total. The molecule has 0 saturated heterocycles. The van der Waals surface area contributed by atoms with Crippen molar-refractivity contribution in [2.75, 3.05) is 20.1 Å². The summed E-state index contributed by atoms with van der Waals surface area (Å²) in [7, 11) is 2.43. The van der Waals surface area contributed by atoms with Gasteiger partial charge in [0.25, 0.3) is 0 Å². The number of quaternary nitrogens is 1. The third kappa shape index (κ3) is 21.5. The molecular weight excluding hydrogens is 1130 g/mol. The molecule has 1 N–H and O–H groups in total. The molecule has 0 aromatic heterocycles. The largest absolute Gasteiger partial charge is 0.645 e. The quantitative estimate of drug-likeness (QED) is 0.0153. The first kappa shape index (κ1) is 74.4. The summed E-state index contributed by atoms with van der Waals surface area (Å²) in [5.74, 6) is -46.7. The van der Waals surface area contributed by atoms with Crippen molar-refractivity contribution < 1.29 is 74.5 Å². The number of halogens is 15. The van der Waals surface area contributed by atoms with Crippen LogP contribution in [0.5, 0.6) is 5.75 Å².